The van der Waals surface area contributed by atoms with E-state index in [9.17, 15) is 4.79 Å². The van der Waals surface area contributed by atoms with Crippen molar-refractivity contribution in [1.29, 1.82) is 0 Å². The van der Waals surface area contributed by atoms with E-state index in [0.717, 1.165) is 17.9 Å². The van der Waals surface area contributed by atoms with E-state index >= 15 is 0 Å². The number of nitrogens with zero attached hydrogens (tertiary/aromatic N) is 4. The zero-order chi connectivity index (χ0) is 18.0. The van der Waals surface area contributed by atoms with Gasteiger partial charge in [0.15, 0.2) is 12.4 Å². The van der Waals surface area contributed by atoms with Gasteiger partial charge in [0.2, 0.25) is 5.89 Å². The molecule has 0 saturated carbocycles. The van der Waals surface area contributed by atoms with E-state index < -0.39 is 0 Å². The molecule has 1 atom stereocenters. The van der Waals surface area contributed by atoms with Crippen LogP contribution in [0.4, 0.5) is 0 Å². The molecule has 1 aromatic carbocycles. The highest BCUT2D eigenvalue weighted by Gasteiger charge is 2.32. The Morgan fingerprint density at radius 1 is 1.32 bits per heavy atom. The number of benzene rings is 1. The van der Waals surface area contributed by atoms with E-state index in [1.54, 1.807) is 11.8 Å². The van der Waals surface area contributed by atoms with Crippen molar-refractivity contribution in [2.75, 3.05) is 33.3 Å². The van der Waals surface area contributed by atoms with Crippen LogP contribution in [-0.2, 0) is 4.79 Å². The van der Waals surface area contributed by atoms with E-state index in [1.165, 1.54) is 5.56 Å². The highest BCUT2D eigenvalue weighted by atomic mass is 16.5. The van der Waals surface area contributed by atoms with Crippen LogP contribution in [0.5, 0.6) is 5.75 Å². The smallest absolute Gasteiger partial charge is 0.260 e. The van der Waals surface area contributed by atoms with Gasteiger partial charge >= 0.3 is 0 Å². The van der Waals surface area contributed by atoms with Crippen LogP contribution in [0.25, 0.3) is 0 Å². The van der Waals surface area contributed by atoms with Gasteiger partial charge in [0.25, 0.3) is 5.91 Å². The summed E-state index contributed by atoms with van der Waals surface area (Å²) >= 11 is 0. The number of aryl methyl sites for hydroxylation is 3. The molecule has 25 heavy (non-hydrogen) atoms. The van der Waals surface area contributed by atoms with Gasteiger partial charge in [-0.3, -0.25) is 9.69 Å². The second kappa shape index (κ2) is 7.23. The molecule has 2 aromatic rings. The Morgan fingerprint density at radius 2 is 2.12 bits per heavy atom. The highest BCUT2D eigenvalue weighted by Crippen LogP contribution is 2.23. The number of piperazine rings is 1. The molecule has 1 amide bonds. The van der Waals surface area contributed by atoms with Crippen molar-refractivity contribution in [1.82, 2.24) is 19.9 Å². The van der Waals surface area contributed by atoms with E-state index in [0.29, 0.717) is 24.8 Å². The van der Waals surface area contributed by atoms with Crippen molar-refractivity contribution in [3.8, 4) is 5.75 Å². The van der Waals surface area contributed by atoms with Crippen LogP contribution in [0.1, 0.15) is 28.9 Å². The number of aromatic nitrogens is 2. The van der Waals surface area contributed by atoms with Crippen LogP contribution >= 0.6 is 0 Å². The summed E-state index contributed by atoms with van der Waals surface area (Å²) in [5.41, 5.74) is 2.21. The molecule has 1 saturated heterocycles. The summed E-state index contributed by atoms with van der Waals surface area (Å²) in [5.74, 6) is 1.87. The molecular weight excluding hydrogens is 320 g/mol. The lowest BCUT2D eigenvalue weighted by molar-refractivity contribution is -0.136. The predicted molar refractivity (Wildman–Crippen MR) is 92.4 cm³/mol. The topological polar surface area (TPSA) is 71.7 Å². The van der Waals surface area contributed by atoms with Gasteiger partial charge in [-0.1, -0.05) is 22.9 Å². The molecular formula is C18H24N4O3. The Bertz CT molecular complexity index is 759. The summed E-state index contributed by atoms with van der Waals surface area (Å²) < 4.78 is 11.0. The number of rotatable bonds is 4. The molecule has 1 fully saturated rings. The predicted octanol–water partition coefficient (Wildman–Crippen LogP) is 1.89. The minimum Gasteiger partial charge on any atom is -0.484 e. The van der Waals surface area contributed by atoms with Crippen LogP contribution in [0.3, 0.4) is 0 Å². The molecule has 0 N–H and O–H groups in total. The molecule has 1 aliphatic rings. The lowest BCUT2D eigenvalue weighted by Gasteiger charge is -2.37. The third-order valence-electron chi connectivity index (χ3n) is 4.51. The fourth-order valence-corrected chi connectivity index (χ4v) is 3.01. The van der Waals surface area contributed by atoms with Gasteiger partial charge in [0.1, 0.15) is 11.8 Å². The average molecular weight is 344 g/mol. The molecule has 2 heterocycles. The Labute approximate surface area is 147 Å². The first-order valence-electron chi connectivity index (χ1n) is 8.42. The Balaban J connectivity index is 1.62. The van der Waals surface area contributed by atoms with E-state index in [1.807, 2.05) is 39.1 Å². The zero-order valence-corrected chi connectivity index (χ0v) is 15.2. The summed E-state index contributed by atoms with van der Waals surface area (Å²) in [6, 6.07) is 5.85. The number of ether oxygens (including phenoxy) is 1. The van der Waals surface area contributed by atoms with Crippen molar-refractivity contribution in [3.63, 3.8) is 0 Å². The van der Waals surface area contributed by atoms with Crippen molar-refractivity contribution >= 4 is 5.91 Å². The molecule has 0 spiro atoms. The van der Waals surface area contributed by atoms with Crippen molar-refractivity contribution in [2.24, 2.45) is 0 Å². The van der Waals surface area contributed by atoms with Gasteiger partial charge in [0, 0.05) is 19.6 Å². The van der Waals surface area contributed by atoms with Gasteiger partial charge in [-0.25, -0.2) is 0 Å². The maximum atomic E-state index is 12.6. The number of carbonyl (C=O) groups excluding carboxylic acids is 1. The van der Waals surface area contributed by atoms with E-state index in [4.69, 9.17) is 9.26 Å². The van der Waals surface area contributed by atoms with Crippen LogP contribution in [-0.4, -0.2) is 59.1 Å². The average Bonchev–Trinajstić information content (AvgIpc) is 3.00. The van der Waals surface area contributed by atoms with Crippen LogP contribution in [0.2, 0.25) is 0 Å². The van der Waals surface area contributed by atoms with Gasteiger partial charge < -0.3 is 14.2 Å². The lowest BCUT2D eigenvalue weighted by atomic mass is 10.1. The first-order valence-corrected chi connectivity index (χ1v) is 8.42. The van der Waals surface area contributed by atoms with Crippen LogP contribution < -0.4 is 4.74 Å². The maximum Gasteiger partial charge on any atom is 0.260 e. The third kappa shape index (κ3) is 3.99. The molecule has 1 aliphatic heterocycles. The second-order valence-corrected chi connectivity index (χ2v) is 6.57. The second-order valence-electron chi connectivity index (χ2n) is 6.57. The molecule has 7 nitrogen and oxygen atoms in total. The first kappa shape index (κ1) is 17.4. The Morgan fingerprint density at radius 3 is 2.80 bits per heavy atom. The molecule has 3 rings (SSSR count). The summed E-state index contributed by atoms with van der Waals surface area (Å²) in [6.45, 7) is 7.77. The fraction of sp³-hybridized carbons (Fsp3) is 0.500. The SMILES string of the molecule is Cc1ccc(OCC(=O)N2CCN(C)C(c3nc(C)no3)C2)c(C)c1. The van der Waals surface area contributed by atoms with Crippen LogP contribution in [0.15, 0.2) is 22.7 Å². The number of likely N-dealkylation sites (N-methyl/N-ethyl adjacent to an activating group) is 1. The van der Waals surface area contributed by atoms with Gasteiger partial charge in [-0.2, -0.15) is 4.98 Å². The minimum absolute atomic E-state index is 0.0309. The Kier molecular flexibility index (Phi) is 5.03. The molecule has 7 heteroatoms. The van der Waals surface area contributed by atoms with Gasteiger partial charge in [-0.15, -0.1) is 0 Å². The maximum absolute atomic E-state index is 12.6. The number of hydrogen-bond acceptors (Lipinski definition) is 6. The van der Waals surface area contributed by atoms with Gasteiger partial charge in [-0.05, 0) is 39.4 Å². The summed E-state index contributed by atoms with van der Waals surface area (Å²) in [4.78, 5) is 20.8. The number of amides is 1. The molecule has 0 aliphatic carbocycles. The monoisotopic (exact) mass is 344 g/mol. The fourth-order valence-electron chi connectivity index (χ4n) is 3.01. The molecule has 0 radical (unpaired) electrons. The summed E-state index contributed by atoms with van der Waals surface area (Å²) in [5, 5.41) is 3.85. The quantitative estimate of drug-likeness (QED) is 0.843. The highest BCUT2D eigenvalue weighted by molar-refractivity contribution is 5.78. The minimum atomic E-state index is -0.0833. The van der Waals surface area contributed by atoms with E-state index in [-0.39, 0.29) is 18.6 Å². The molecule has 134 valence electrons. The largest absolute Gasteiger partial charge is 0.484 e. The Hall–Kier alpha value is -2.41. The summed E-state index contributed by atoms with van der Waals surface area (Å²) in [6.07, 6.45) is 0. The molecule has 1 unspecified atom stereocenters. The standard InChI is InChI=1S/C18H24N4O3/c1-12-5-6-16(13(2)9-12)24-11-17(23)22-8-7-21(4)15(10-22)18-19-14(3)20-25-18/h5-6,9,15H,7-8,10-11H2,1-4H3. The zero-order valence-electron chi connectivity index (χ0n) is 15.2. The van der Waals surface area contributed by atoms with Gasteiger partial charge in [0.05, 0.1) is 0 Å². The number of hydrogen-bond donors (Lipinski definition) is 0. The first-order chi connectivity index (χ1) is 11.9. The molecule has 0 bridgehead atoms. The van der Waals surface area contributed by atoms with Crippen molar-refractivity contribution in [3.05, 3.63) is 41.0 Å². The summed E-state index contributed by atoms with van der Waals surface area (Å²) in [7, 11) is 2.00. The number of carbonyl (C=O) groups is 1. The van der Waals surface area contributed by atoms with Crippen molar-refractivity contribution in [2.45, 2.75) is 26.8 Å². The lowest BCUT2D eigenvalue weighted by Crippen LogP contribution is -2.50. The van der Waals surface area contributed by atoms with Crippen molar-refractivity contribution < 1.29 is 14.1 Å². The third-order valence-corrected chi connectivity index (χ3v) is 4.51. The van der Waals surface area contributed by atoms with Crippen LogP contribution in [0, 0.1) is 20.8 Å². The normalized spacial score (nSPS) is 18.4. The molecule has 1 aromatic heterocycles. The van der Waals surface area contributed by atoms with E-state index in [2.05, 4.69) is 15.0 Å².